The first-order valence-electron chi connectivity index (χ1n) is 6.01. The van der Waals surface area contributed by atoms with Crippen LogP contribution in [0.4, 0.5) is 4.39 Å². The Hall–Kier alpha value is -2.17. The lowest BCUT2D eigenvalue weighted by atomic mass is 10.1. The zero-order chi connectivity index (χ0) is 13.8. The maximum absolute atomic E-state index is 12.7. The molecule has 1 aliphatic rings. The molecule has 0 aliphatic carbocycles. The van der Waals surface area contributed by atoms with Gasteiger partial charge in [-0.05, 0) is 30.2 Å². The molecule has 1 saturated heterocycles. The van der Waals surface area contributed by atoms with Crippen molar-refractivity contribution in [1.82, 2.24) is 4.90 Å². The van der Waals surface area contributed by atoms with Gasteiger partial charge in [-0.25, -0.2) is 4.39 Å². The molecule has 0 spiro atoms. The molecule has 19 heavy (non-hydrogen) atoms. The summed E-state index contributed by atoms with van der Waals surface area (Å²) in [5.74, 6) is -1.87. The third-order valence-corrected chi connectivity index (χ3v) is 3.14. The van der Waals surface area contributed by atoms with Crippen molar-refractivity contribution in [3.8, 4) is 0 Å². The predicted octanol–water partition coefficient (Wildman–Crippen LogP) is 1.77. The van der Waals surface area contributed by atoms with E-state index in [1.54, 1.807) is 18.2 Å². The summed E-state index contributed by atoms with van der Waals surface area (Å²) in [6.07, 6.45) is 3.47. The van der Waals surface area contributed by atoms with E-state index in [4.69, 9.17) is 5.11 Å². The summed E-state index contributed by atoms with van der Waals surface area (Å²) in [4.78, 5) is 24.1. The first kappa shape index (κ1) is 13.3. The molecule has 1 fully saturated rings. The van der Waals surface area contributed by atoms with Gasteiger partial charge in [0.15, 0.2) is 0 Å². The van der Waals surface area contributed by atoms with E-state index in [-0.39, 0.29) is 18.3 Å². The molecular formula is C14H14FNO3. The Morgan fingerprint density at radius 2 is 2.00 bits per heavy atom. The average molecular weight is 263 g/mol. The number of carboxylic acids is 1. The fraction of sp³-hybridized carbons (Fsp3) is 0.286. The van der Waals surface area contributed by atoms with Crippen LogP contribution in [0.5, 0.6) is 0 Å². The molecule has 0 aromatic heterocycles. The fourth-order valence-electron chi connectivity index (χ4n) is 2.01. The number of benzene rings is 1. The molecule has 0 saturated carbocycles. The van der Waals surface area contributed by atoms with Crippen molar-refractivity contribution >= 4 is 18.0 Å². The number of carbonyl (C=O) groups excluding carboxylic acids is 1. The van der Waals surface area contributed by atoms with Crippen LogP contribution in [0.15, 0.2) is 30.3 Å². The van der Waals surface area contributed by atoms with Gasteiger partial charge in [-0.2, -0.15) is 0 Å². The Bertz CT molecular complexity index is 510. The van der Waals surface area contributed by atoms with Crippen molar-refractivity contribution in [2.75, 3.05) is 13.1 Å². The van der Waals surface area contributed by atoms with Gasteiger partial charge in [-0.1, -0.05) is 12.1 Å². The summed E-state index contributed by atoms with van der Waals surface area (Å²) in [7, 11) is 0. The highest BCUT2D eigenvalue weighted by molar-refractivity contribution is 5.92. The number of carboxylic acid groups (broad SMARTS) is 1. The highest BCUT2D eigenvalue weighted by Crippen LogP contribution is 2.17. The van der Waals surface area contributed by atoms with Gasteiger partial charge in [0.05, 0.1) is 5.92 Å². The summed E-state index contributed by atoms with van der Waals surface area (Å²) in [6.45, 7) is 0.714. The van der Waals surface area contributed by atoms with Crippen LogP contribution < -0.4 is 0 Å². The summed E-state index contributed by atoms with van der Waals surface area (Å²) >= 11 is 0. The van der Waals surface area contributed by atoms with Crippen LogP contribution in [-0.4, -0.2) is 35.0 Å². The van der Waals surface area contributed by atoms with Crippen LogP contribution in [0.3, 0.4) is 0 Å². The predicted molar refractivity (Wildman–Crippen MR) is 67.8 cm³/mol. The third-order valence-electron chi connectivity index (χ3n) is 3.14. The van der Waals surface area contributed by atoms with E-state index in [0.717, 1.165) is 5.56 Å². The largest absolute Gasteiger partial charge is 0.481 e. The Kier molecular flexibility index (Phi) is 3.94. The number of hydrogen-bond acceptors (Lipinski definition) is 2. The maximum Gasteiger partial charge on any atom is 0.308 e. The zero-order valence-electron chi connectivity index (χ0n) is 10.3. The number of carbonyl (C=O) groups is 2. The van der Waals surface area contributed by atoms with Gasteiger partial charge < -0.3 is 10.0 Å². The molecule has 1 N–H and O–H groups in total. The zero-order valence-corrected chi connectivity index (χ0v) is 10.3. The minimum Gasteiger partial charge on any atom is -0.481 e. The molecule has 1 unspecified atom stereocenters. The first-order chi connectivity index (χ1) is 9.06. The normalized spacial score (nSPS) is 19.0. The van der Waals surface area contributed by atoms with Crippen molar-refractivity contribution in [3.05, 3.63) is 41.7 Å². The molecule has 1 atom stereocenters. The topological polar surface area (TPSA) is 57.6 Å². The monoisotopic (exact) mass is 263 g/mol. The van der Waals surface area contributed by atoms with E-state index in [1.165, 1.54) is 23.1 Å². The number of nitrogens with zero attached hydrogens (tertiary/aromatic N) is 1. The fourth-order valence-corrected chi connectivity index (χ4v) is 2.01. The van der Waals surface area contributed by atoms with Crippen molar-refractivity contribution in [2.45, 2.75) is 6.42 Å². The number of rotatable bonds is 3. The van der Waals surface area contributed by atoms with Crippen molar-refractivity contribution in [1.29, 1.82) is 0 Å². The van der Waals surface area contributed by atoms with E-state index in [1.807, 2.05) is 0 Å². The molecule has 1 aromatic rings. The van der Waals surface area contributed by atoms with E-state index < -0.39 is 11.9 Å². The van der Waals surface area contributed by atoms with Gasteiger partial charge >= 0.3 is 5.97 Å². The number of likely N-dealkylation sites (tertiary alicyclic amines) is 1. The standard InChI is InChI=1S/C14H14FNO3/c15-12-4-1-10(2-5-12)3-6-13(17)16-8-7-11(9-16)14(18)19/h1-6,11H,7-9H2,(H,18,19). The molecule has 4 nitrogen and oxygen atoms in total. The van der Waals surface area contributed by atoms with Crippen LogP contribution in [0.1, 0.15) is 12.0 Å². The molecule has 1 heterocycles. The highest BCUT2D eigenvalue weighted by Gasteiger charge is 2.29. The molecular weight excluding hydrogens is 249 g/mol. The van der Waals surface area contributed by atoms with Gasteiger partial charge in [0.1, 0.15) is 5.82 Å². The molecule has 1 amide bonds. The van der Waals surface area contributed by atoms with Crippen LogP contribution >= 0.6 is 0 Å². The quantitative estimate of drug-likeness (QED) is 0.845. The molecule has 0 bridgehead atoms. The van der Waals surface area contributed by atoms with Crippen molar-refractivity contribution in [2.24, 2.45) is 5.92 Å². The van der Waals surface area contributed by atoms with E-state index in [2.05, 4.69) is 0 Å². The smallest absolute Gasteiger partial charge is 0.308 e. The Morgan fingerprint density at radius 1 is 1.32 bits per heavy atom. The van der Waals surface area contributed by atoms with E-state index in [0.29, 0.717) is 13.0 Å². The average Bonchev–Trinajstić information content (AvgIpc) is 2.87. The Morgan fingerprint density at radius 3 is 2.58 bits per heavy atom. The maximum atomic E-state index is 12.7. The van der Waals surface area contributed by atoms with Gasteiger partial charge in [-0.3, -0.25) is 9.59 Å². The Balaban J connectivity index is 1.94. The molecule has 100 valence electrons. The summed E-state index contributed by atoms with van der Waals surface area (Å²) in [6, 6.07) is 5.78. The van der Waals surface area contributed by atoms with Crippen LogP contribution in [0, 0.1) is 11.7 Å². The van der Waals surface area contributed by atoms with Crippen LogP contribution in [0.2, 0.25) is 0 Å². The second kappa shape index (κ2) is 5.65. The molecule has 1 aromatic carbocycles. The van der Waals surface area contributed by atoms with Crippen LogP contribution in [-0.2, 0) is 9.59 Å². The highest BCUT2D eigenvalue weighted by atomic mass is 19.1. The first-order valence-corrected chi connectivity index (χ1v) is 6.01. The minimum atomic E-state index is -0.863. The Labute approximate surface area is 110 Å². The number of halogens is 1. The van der Waals surface area contributed by atoms with Gasteiger partial charge in [0.25, 0.3) is 0 Å². The second-order valence-electron chi connectivity index (χ2n) is 4.49. The molecule has 1 aliphatic heterocycles. The number of amides is 1. The molecule has 0 radical (unpaired) electrons. The summed E-state index contributed by atoms with van der Waals surface area (Å²) in [5, 5.41) is 8.86. The summed E-state index contributed by atoms with van der Waals surface area (Å²) in [5.41, 5.74) is 0.726. The molecule has 5 heteroatoms. The summed E-state index contributed by atoms with van der Waals surface area (Å²) < 4.78 is 12.7. The van der Waals surface area contributed by atoms with Crippen molar-refractivity contribution < 1.29 is 19.1 Å². The van der Waals surface area contributed by atoms with Gasteiger partial charge in [-0.15, -0.1) is 0 Å². The van der Waals surface area contributed by atoms with E-state index in [9.17, 15) is 14.0 Å². The van der Waals surface area contributed by atoms with Gasteiger partial charge in [0.2, 0.25) is 5.91 Å². The number of hydrogen-bond donors (Lipinski definition) is 1. The van der Waals surface area contributed by atoms with Gasteiger partial charge in [0, 0.05) is 19.2 Å². The molecule has 2 rings (SSSR count). The third kappa shape index (κ3) is 3.40. The lowest BCUT2D eigenvalue weighted by Gasteiger charge is -2.12. The van der Waals surface area contributed by atoms with Crippen molar-refractivity contribution in [3.63, 3.8) is 0 Å². The lowest BCUT2D eigenvalue weighted by Crippen LogP contribution is -2.28. The number of aliphatic carboxylic acids is 1. The van der Waals surface area contributed by atoms with Crippen LogP contribution in [0.25, 0.3) is 6.08 Å². The lowest BCUT2D eigenvalue weighted by molar-refractivity contribution is -0.141. The second-order valence-corrected chi connectivity index (χ2v) is 4.49. The minimum absolute atomic E-state index is 0.215. The SMILES string of the molecule is O=C(O)C1CCN(C(=O)C=Cc2ccc(F)cc2)C1. The van der Waals surface area contributed by atoms with E-state index >= 15 is 0 Å².